The van der Waals surface area contributed by atoms with E-state index in [9.17, 15) is 4.79 Å². The van der Waals surface area contributed by atoms with Crippen molar-refractivity contribution in [1.29, 1.82) is 0 Å². The molecule has 2 aromatic rings. The highest BCUT2D eigenvalue weighted by Gasteiger charge is 2.26. The van der Waals surface area contributed by atoms with Crippen molar-refractivity contribution in [3.8, 4) is 0 Å². The van der Waals surface area contributed by atoms with E-state index in [0.717, 1.165) is 43.6 Å². The van der Waals surface area contributed by atoms with Gasteiger partial charge >= 0.3 is 0 Å². The van der Waals surface area contributed by atoms with Crippen LogP contribution in [0.25, 0.3) is 0 Å². The van der Waals surface area contributed by atoms with Crippen LogP contribution in [-0.2, 0) is 11.3 Å². The summed E-state index contributed by atoms with van der Waals surface area (Å²) in [5, 5.41) is 4.37. The van der Waals surface area contributed by atoms with Crippen LogP contribution >= 0.6 is 23.2 Å². The van der Waals surface area contributed by atoms with Crippen LogP contribution < -0.4 is 5.32 Å². The van der Waals surface area contributed by atoms with Gasteiger partial charge in [-0.1, -0.05) is 47.5 Å². The smallest absolute Gasteiger partial charge is 0.223 e. The molecule has 1 atom stereocenters. The van der Waals surface area contributed by atoms with Gasteiger partial charge in [-0.15, -0.1) is 0 Å². The minimum atomic E-state index is 0.0287. The molecular weight excluding hydrogens is 391 g/mol. The molecule has 1 N–H and O–H groups in total. The first-order chi connectivity index (χ1) is 13.3. The third kappa shape index (κ3) is 5.28. The highest BCUT2D eigenvalue weighted by atomic mass is 35.5. The second-order valence-electron chi connectivity index (χ2n) is 7.87. The van der Waals surface area contributed by atoms with Crippen molar-refractivity contribution >= 4 is 29.1 Å². The van der Waals surface area contributed by atoms with Gasteiger partial charge in [-0.05, 0) is 81.1 Å². The molecule has 3 nitrogen and oxygen atoms in total. The first kappa shape index (κ1) is 21.2. The van der Waals surface area contributed by atoms with Gasteiger partial charge < -0.3 is 5.32 Å². The number of carbonyl (C=O) groups is 1. The quantitative estimate of drug-likeness (QED) is 0.674. The second-order valence-corrected chi connectivity index (χ2v) is 8.69. The molecule has 1 amide bonds. The van der Waals surface area contributed by atoms with Crippen LogP contribution in [-0.4, -0.2) is 23.9 Å². The molecule has 1 unspecified atom stereocenters. The fraction of sp³-hybridized carbons (Fsp3) is 0.435. The summed E-state index contributed by atoms with van der Waals surface area (Å²) in [6.07, 6.45) is 1.76. The molecule has 0 bridgehead atoms. The Balaban J connectivity index is 1.50. The van der Waals surface area contributed by atoms with Gasteiger partial charge in [0.2, 0.25) is 5.91 Å². The Morgan fingerprint density at radius 3 is 2.43 bits per heavy atom. The maximum Gasteiger partial charge on any atom is 0.223 e. The number of benzene rings is 2. The van der Waals surface area contributed by atoms with E-state index in [0.29, 0.717) is 10.0 Å². The zero-order valence-electron chi connectivity index (χ0n) is 16.8. The van der Waals surface area contributed by atoms with Crippen LogP contribution in [0.15, 0.2) is 36.4 Å². The first-order valence-electron chi connectivity index (χ1n) is 9.87. The number of aryl methyl sites for hydroxylation is 2. The molecule has 0 spiro atoms. The predicted octanol–water partition coefficient (Wildman–Crippen LogP) is 5.70. The Morgan fingerprint density at radius 2 is 1.79 bits per heavy atom. The summed E-state index contributed by atoms with van der Waals surface area (Å²) in [4.78, 5) is 15.1. The largest absolute Gasteiger partial charge is 0.349 e. The monoisotopic (exact) mass is 418 g/mol. The molecule has 1 fully saturated rings. The zero-order valence-corrected chi connectivity index (χ0v) is 18.3. The van der Waals surface area contributed by atoms with Crippen molar-refractivity contribution in [3.05, 3.63) is 68.7 Å². The maximum atomic E-state index is 12.7. The van der Waals surface area contributed by atoms with Crippen molar-refractivity contribution in [2.45, 2.75) is 46.2 Å². The molecule has 150 valence electrons. The minimum Gasteiger partial charge on any atom is -0.349 e. The van der Waals surface area contributed by atoms with Gasteiger partial charge in [-0.2, -0.15) is 0 Å². The van der Waals surface area contributed by atoms with E-state index in [-0.39, 0.29) is 17.9 Å². The van der Waals surface area contributed by atoms with Gasteiger partial charge in [0.1, 0.15) is 0 Å². The molecule has 2 aromatic carbocycles. The minimum absolute atomic E-state index is 0.0287. The fourth-order valence-corrected chi connectivity index (χ4v) is 4.02. The van der Waals surface area contributed by atoms with E-state index in [1.165, 1.54) is 11.1 Å². The number of nitrogens with one attached hydrogen (secondary N) is 1. The number of piperidine rings is 1. The number of likely N-dealkylation sites (tertiary alicyclic amines) is 1. The van der Waals surface area contributed by atoms with Gasteiger partial charge in [0.25, 0.3) is 0 Å². The fourth-order valence-electron chi connectivity index (χ4n) is 3.70. The molecule has 0 aromatic heterocycles. The molecule has 1 saturated heterocycles. The van der Waals surface area contributed by atoms with Gasteiger partial charge in [0, 0.05) is 12.5 Å². The molecule has 5 heteroatoms. The van der Waals surface area contributed by atoms with E-state index < -0.39 is 0 Å². The van der Waals surface area contributed by atoms with Crippen molar-refractivity contribution in [2.75, 3.05) is 13.1 Å². The van der Waals surface area contributed by atoms with Crippen LogP contribution in [0, 0.1) is 19.8 Å². The van der Waals surface area contributed by atoms with Gasteiger partial charge in [-0.25, -0.2) is 0 Å². The van der Waals surface area contributed by atoms with Crippen LogP contribution in [0.2, 0.25) is 10.0 Å². The number of carbonyl (C=O) groups excluding carboxylic acids is 1. The maximum absolute atomic E-state index is 12.7. The topological polar surface area (TPSA) is 32.3 Å². The van der Waals surface area contributed by atoms with E-state index >= 15 is 0 Å². The van der Waals surface area contributed by atoms with Gasteiger partial charge in [-0.3, -0.25) is 9.69 Å². The molecule has 0 aliphatic carbocycles. The zero-order chi connectivity index (χ0) is 20.3. The van der Waals surface area contributed by atoms with Crippen LogP contribution in [0.3, 0.4) is 0 Å². The number of amides is 1. The number of hydrogen-bond donors (Lipinski definition) is 1. The van der Waals surface area contributed by atoms with Crippen molar-refractivity contribution < 1.29 is 4.79 Å². The molecule has 0 saturated carbocycles. The SMILES string of the molecule is Cc1ccc(C(C)NC(=O)C2CCN(Cc3ccc(Cl)c(Cl)c3)CC2)cc1C. The second kappa shape index (κ2) is 9.30. The van der Waals surface area contributed by atoms with Crippen molar-refractivity contribution in [3.63, 3.8) is 0 Å². The molecule has 1 heterocycles. The molecule has 0 radical (unpaired) electrons. The Labute approximate surface area is 178 Å². The van der Waals surface area contributed by atoms with E-state index in [1.54, 1.807) is 0 Å². The Hall–Kier alpha value is -1.55. The van der Waals surface area contributed by atoms with Crippen LogP contribution in [0.4, 0.5) is 0 Å². The molecule has 1 aliphatic rings. The lowest BCUT2D eigenvalue weighted by molar-refractivity contribution is -0.127. The van der Waals surface area contributed by atoms with E-state index in [4.69, 9.17) is 23.2 Å². The number of nitrogens with zero attached hydrogens (tertiary/aromatic N) is 1. The van der Waals surface area contributed by atoms with Gasteiger partial charge in [0.15, 0.2) is 0 Å². The average molecular weight is 419 g/mol. The summed E-state index contributed by atoms with van der Waals surface area (Å²) in [6.45, 7) is 8.93. The molecule has 1 aliphatic heterocycles. The number of rotatable bonds is 5. The lowest BCUT2D eigenvalue weighted by atomic mass is 9.94. The lowest BCUT2D eigenvalue weighted by Gasteiger charge is -2.32. The summed E-state index contributed by atoms with van der Waals surface area (Å²) < 4.78 is 0. The lowest BCUT2D eigenvalue weighted by Crippen LogP contribution is -2.40. The third-order valence-corrected chi connectivity index (χ3v) is 6.48. The standard InChI is InChI=1S/C23H28Cl2N2O/c1-15-4-6-20(12-16(15)2)17(3)26-23(28)19-8-10-27(11-9-19)14-18-5-7-21(24)22(25)13-18/h4-7,12-13,17,19H,8-11,14H2,1-3H3,(H,26,28). The molecular formula is C23H28Cl2N2O. The Kier molecular flexibility index (Phi) is 7.03. The van der Waals surface area contributed by atoms with Crippen molar-refractivity contribution in [2.24, 2.45) is 5.92 Å². The normalized spacial score (nSPS) is 16.8. The third-order valence-electron chi connectivity index (χ3n) is 5.74. The number of halogens is 2. The number of hydrogen-bond acceptors (Lipinski definition) is 2. The summed E-state index contributed by atoms with van der Waals surface area (Å²) in [7, 11) is 0. The Bertz CT molecular complexity index is 844. The molecule has 28 heavy (non-hydrogen) atoms. The van der Waals surface area contributed by atoms with Crippen LogP contribution in [0.5, 0.6) is 0 Å². The average Bonchev–Trinajstić information content (AvgIpc) is 2.67. The summed E-state index contributed by atoms with van der Waals surface area (Å²) in [6, 6.07) is 12.2. The van der Waals surface area contributed by atoms with E-state index in [2.05, 4.69) is 49.2 Å². The first-order valence-corrected chi connectivity index (χ1v) is 10.6. The summed E-state index contributed by atoms with van der Waals surface area (Å²) in [5.74, 6) is 0.249. The van der Waals surface area contributed by atoms with Crippen molar-refractivity contribution in [1.82, 2.24) is 10.2 Å². The van der Waals surface area contributed by atoms with Crippen LogP contribution in [0.1, 0.15) is 48.1 Å². The summed E-state index contributed by atoms with van der Waals surface area (Å²) >= 11 is 12.1. The highest BCUT2D eigenvalue weighted by molar-refractivity contribution is 6.42. The van der Waals surface area contributed by atoms with Gasteiger partial charge in [0.05, 0.1) is 16.1 Å². The predicted molar refractivity (Wildman–Crippen MR) is 117 cm³/mol. The summed E-state index contributed by atoms with van der Waals surface area (Å²) in [5.41, 5.74) is 4.85. The van der Waals surface area contributed by atoms with E-state index in [1.807, 2.05) is 18.2 Å². The highest BCUT2D eigenvalue weighted by Crippen LogP contribution is 2.25. The Morgan fingerprint density at radius 1 is 1.07 bits per heavy atom. The molecule has 3 rings (SSSR count).